The lowest BCUT2D eigenvalue weighted by Gasteiger charge is -2.25. The summed E-state index contributed by atoms with van der Waals surface area (Å²) in [4.78, 5) is 22.4. The lowest BCUT2D eigenvalue weighted by atomic mass is 10.1. The zero-order valence-electron chi connectivity index (χ0n) is 13.8. The van der Waals surface area contributed by atoms with E-state index in [1.807, 2.05) is 24.9 Å². The second-order valence-electron chi connectivity index (χ2n) is 6.38. The van der Waals surface area contributed by atoms with Crippen LogP contribution in [0, 0.1) is 6.92 Å². The predicted molar refractivity (Wildman–Crippen MR) is 96.7 cm³/mol. The average Bonchev–Trinajstić information content (AvgIpc) is 2.89. The van der Waals surface area contributed by atoms with Crippen molar-refractivity contribution in [3.63, 3.8) is 0 Å². The van der Waals surface area contributed by atoms with Crippen LogP contribution >= 0.6 is 11.3 Å². The molecule has 1 unspecified atom stereocenters. The van der Waals surface area contributed by atoms with Crippen LogP contribution in [0.3, 0.4) is 0 Å². The molecular formula is C18H19N3OS. The number of carbonyl (C=O) groups excluding carboxylic acids is 1. The molecular weight excluding hydrogens is 306 g/mol. The third-order valence-corrected chi connectivity index (χ3v) is 5.86. The van der Waals surface area contributed by atoms with E-state index in [1.165, 1.54) is 0 Å². The highest BCUT2D eigenvalue weighted by Gasteiger charge is 2.31. The van der Waals surface area contributed by atoms with Crippen molar-refractivity contribution in [2.45, 2.75) is 19.9 Å². The van der Waals surface area contributed by atoms with Gasteiger partial charge in [0.2, 0.25) is 0 Å². The van der Waals surface area contributed by atoms with E-state index in [2.05, 4.69) is 42.1 Å². The van der Waals surface area contributed by atoms with Crippen LogP contribution < -0.4 is 4.90 Å². The van der Waals surface area contributed by atoms with Gasteiger partial charge in [-0.3, -0.25) is 9.78 Å². The maximum Gasteiger partial charge on any atom is 0.266 e. The van der Waals surface area contributed by atoms with Crippen molar-refractivity contribution < 1.29 is 4.79 Å². The first-order valence-corrected chi connectivity index (χ1v) is 8.60. The summed E-state index contributed by atoms with van der Waals surface area (Å²) >= 11 is 1.59. The summed E-state index contributed by atoms with van der Waals surface area (Å²) in [6.45, 7) is 4.93. The minimum absolute atomic E-state index is 0.117. The molecule has 3 aromatic rings. The molecule has 0 fully saturated rings. The van der Waals surface area contributed by atoms with Gasteiger partial charge in [0.25, 0.3) is 5.91 Å². The summed E-state index contributed by atoms with van der Waals surface area (Å²) < 4.78 is 1.15. The van der Waals surface area contributed by atoms with Crippen LogP contribution in [-0.2, 0) is 0 Å². The Kier molecular flexibility index (Phi) is 3.10. The van der Waals surface area contributed by atoms with Crippen LogP contribution in [0.5, 0.6) is 0 Å². The van der Waals surface area contributed by atoms with Gasteiger partial charge in [-0.2, -0.15) is 0 Å². The van der Waals surface area contributed by atoms with Gasteiger partial charge >= 0.3 is 0 Å². The van der Waals surface area contributed by atoms with Gasteiger partial charge in [-0.05, 0) is 32.0 Å². The third kappa shape index (κ3) is 2.03. The summed E-state index contributed by atoms with van der Waals surface area (Å²) in [7, 11) is 3.97. The van der Waals surface area contributed by atoms with Crippen LogP contribution in [0.2, 0.25) is 0 Å². The fourth-order valence-electron chi connectivity index (χ4n) is 3.37. The average molecular weight is 325 g/mol. The first kappa shape index (κ1) is 14.5. The van der Waals surface area contributed by atoms with E-state index in [1.54, 1.807) is 11.3 Å². The molecule has 23 heavy (non-hydrogen) atoms. The first-order chi connectivity index (χ1) is 11.0. The molecule has 0 bridgehead atoms. The zero-order valence-corrected chi connectivity index (χ0v) is 14.6. The van der Waals surface area contributed by atoms with Crippen molar-refractivity contribution >= 4 is 43.9 Å². The number of thiophene rings is 1. The van der Waals surface area contributed by atoms with Crippen LogP contribution in [0.15, 0.2) is 24.3 Å². The van der Waals surface area contributed by atoms with Crippen molar-refractivity contribution in [3.05, 3.63) is 34.8 Å². The lowest BCUT2D eigenvalue weighted by molar-refractivity contribution is 0.0760. The highest BCUT2D eigenvalue weighted by atomic mass is 32.1. The highest BCUT2D eigenvalue weighted by molar-refractivity contribution is 7.21. The highest BCUT2D eigenvalue weighted by Crippen LogP contribution is 2.43. The summed E-state index contributed by atoms with van der Waals surface area (Å²) in [5.41, 5.74) is 3.06. The Bertz CT molecular complexity index is 946. The smallest absolute Gasteiger partial charge is 0.266 e. The van der Waals surface area contributed by atoms with E-state index in [9.17, 15) is 4.79 Å². The number of hydrogen-bond donors (Lipinski definition) is 0. The number of hydrogen-bond acceptors (Lipinski definition) is 4. The number of likely N-dealkylation sites (N-methyl/N-ethyl adjacent to an activating group) is 2. The number of benzene rings is 1. The molecule has 1 atom stereocenters. The molecule has 3 heterocycles. The summed E-state index contributed by atoms with van der Waals surface area (Å²) in [6.07, 6.45) is 0. The zero-order chi connectivity index (χ0) is 16.3. The Labute approximate surface area is 139 Å². The molecule has 2 aromatic heterocycles. The normalized spacial score (nSPS) is 18.6. The van der Waals surface area contributed by atoms with Gasteiger partial charge in [0.1, 0.15) is 4.88 Å². The number of aryl methyl sites for hydroxylation is 1. The van der Waals surface area contributed by atoms with Crippen molar-refractivity contribution in [2.75, 3.05) is 25.5 Å². The topological polar surface area (TPSA) is 36.4 Å². The van der Waals surface area contributed by atoms with Crippen LogP contribution in [-0.4, -0.2) is 42.5 Å². The van der Waals surface area contributed by atoms with E-state index in [0.29, 0.717) is 0 Å². The Hall–Kier alpha value is -2.14. The number of aromatic nitrogens is 1. The molecule has 5 heteroatoms. The SMILES string of the molecule is Cc1ccc2c(ccc3sc4c(c32)N(C)CC(C)N(C)C4=O)n1. The van der Waals surface area contributed by atoms with E-state index < -0.39 is 0 Å². The number of anilines is 1. The molecule has 1 aliphatic heterocycles. The van der Waals surface area contributed by atoms with Gasteiger partial charge in [0.05, 0.1) is 11.2 Å². The van der Waals surface area contributed by atoms with Crippen molar-refractivity contribution in [3.8, 4) is 0 Å². The standard InChI is InChI=1S/C18H19N3OS/c1-10-5-6-12-13(19-10)7-8-14-15(12)16-17(23-14)18(22)21(4)11(2)9-20(16)3/h5-8,11H,9H2,1-4H3. The molecule has 0 radical (unpaired) electrons. The number of pyridine rings is 1. The van der Waals surface area contributed by atoms with Gasteiger partial charge in [-0.15, -0.1) is 11.3 Å². The molecule has 0 spiro atoms. The van der Waals surface area contributed by atoms with Gasteiger partial charge in [-0.25, -0.2) is 0 Å². The molecule has 1 amide bonds. The van der Waals surface area contributed by atoms with E-state index in [-0.39, 0.29) is 11.9 Å². The van der Waals surface area contributed by atoms with Gasteiger partial charge in [-0.1, -0.05) is 6.07 Å². The molecule has 1 aromatic carbocycles. The van der Waals surface area contributed by atoms with Crippen LogP contribution in [0.25, 0.3) is 21.0 Å². The Morgan fingerprint density at radius 3 is 2.78 bits per heavy atom. The molecule has 0 aliphatic carbocycles. The Morgan fingerprint density at radius 1 is 1.22 bits per heavy atom. The van der Waals surface area contributed by atoms with Gasteiger partial charge < -0.3 is 9.80 Å². The van der Waals surface area contributed by atoms with Gasteiger partial charge in [0, 0.05) is 47.8 Å². The molecule has 0 saturated heterocycles. The number of nitrogens with zero attached hydrogens (tertiary/aromatic N) is 3. The second kappa shape index (κ2) is 4.93. The van der Waals surface area contributed by atoms with Crippen molar-refractivity contribution in [1.29, 1.82) is 0 Å². The van der Waals surface area contributed by atoms with E-state index in [4.69, 9.17) is 0 Å². The first-order valence-electron chi connectivity index (χ1n) is 7.78. The fourth-order valence-corrected chi connectivity index (χ4v) is 4.62. The molecule has 118 valence electrons. The number of rotatable bonds is 0. The number of carbonyl (C=O) groups is 1. The minimum Gasteiger partial charge on any atom is -0.371 e. The quantitative estimate of drug-likeness (QED) is 0.633. The fraction of sp³-hybridized carbons (Fsp3) is 0.333. The predicted octanol–water partition coefficient (Wildman–Crippen LogP) is 3.67. The van der Waals surface area contributed by atoms with Crippen LogP contribution in [0.1, 0.15) is 22.3 Å². The largest absolute Gasteiger partial charge is 0.371 e. The minimum atomic E-state index is 0.117. The number of fused-ring (bicyclic) bond motifs is 5. The maximum atomic E-state index is 12.8. The van der Waals surface area contributed by atoms with Crippen molar-refractivity contribution in [1.82, 2.24) is 9.88 Å². The molecule has 1 aliphatic rings. The summed E-state index contributed by atoms with van der Waals surface area (Å²) in [6, 6.07) is 8.51. The Morgan fingerprint density at radius 2 is 2.00 bits per heavy atom. The molecule has 4 nitrogen and oxygen atoms in total. The van der Waals surface area contributed by atoms with Gasteiger partial charge in [0.15, 0.2) is 0 Å². The second-order valence-corrected chi connectivity index (χ2v) is 7.44. The molecule has 0 saturated carbocycles. The van der Waals surface area contributed by atoms with Crippen LogP contribution in [0.4, 0.5) is 5.69 Å². The lowest BCUT2D eigenvalue weighted by Crippen LogP contribution is -2.38. The molecule has 0 N–H and O–H groups in total. The summed E-state index contributed by atoms with van der Waals surface area (Å²) in [5, 5.41) is 2.29. The monoisotopic (exact) mass is 325 g/mol. The molecule has 4 rings (SSSR count). The Balaban J connectivity index is 2.11. The number of amides is 1. The third-order valence-electron chi connectivity index (χ3n) is 4.73. The van der Waals surface area contributed by atoms with E-state index >= 15 is 0 Å². The summed E-state index contributed by atoms with van der Waals surface area (Å²) in [5.74, 6) is 0.117. The maximum absolute atomic E-state index is 12.8. The van der Waals surface area contributed by atoms with E-state index in [0.717, 1.165) is 43.8 Å². The van der Waals surface area contributed by atoms with Crippen molar-refractivity contribution in [2.24, 2.45) is 0 Å².